The second kappa shape index (κ2) is 5.91. The zero-order valence-electron chi connectivity index (χ0n) is 13.8. The maximum absolute atomic E-state index is 5.94. The van der Waals surface area contributed by atoms with E-state index in [4.69, 9.17) is 9.31 Å². The molecule has 1 fully saturated rings. The van der Waals surface area contributed by atoms with Crippen molar-refractivity contribution in [2.75, 3.05) is 7.05 Å². The molecule has 0 aromatic carbocycles. The van der Waals surface area contributed by atoms with E-state index < -0.39 is 0 Å². The summed E-state index contributed by atoms with van der Waals surface area (Å²) in [6.07, 6.45) is 5.72. The van der Waals surface area contributed by atoms with Gasteiger partial charge in [-0.15, -0.1) is 0 Å². The first-order valence-corrected chi connectivity index (χ1v) is 7.41. The van der Waals surface area contributed by atoms with Crippen molar-refractivity contribution in [2.24, 2.45) is 0 Å². The molecule has 2 rings (SSSR count). The number of nitrogens with one attached hydrogen (secondary N) is 1. The average molecular weight is 288 g/mol. The van der Waals surface area contributed by atoms with Crippen LogP contribution in [-0.4, -0.2) is 30.4 Å². The van der Waals surface area contributed by atoms with Gasteiger partial charge in [0.15, 0.2) is 0 Å². The van der Waals surface area contributed by atoms with Crippen LogP contribution in [0.4, 0.5) is 0 Å². The molecule has 1 aliphatic heterocycles. The molecule has 1 aromatic heterocycles. The van der Waals surface area contributed by atoms with E-state index in [9.17, 15) is 0 Å². The number of pyridine rings is 1. The summed E-state index contributed by atoms with van der Waals surface area (Å²) in [7, 11) is 1.62. The Morgan fingerprint density at radius 3 is 2.38 bits per heavy atom. The van der Waals surface area contributed by atoms with Crippen LogP contribution in [0.15, 0.2) is 24.4 Å². The molecule has 1 saturated heterocycles. The summed E-state index contributed by atoms with van der Waals surface area (Å²) in [5.41, 5.74) is 1.60. The molecule has 1 atom stereocenters. The molecule has 0 aliphatic carbocycles. The van der Waals surface area contributed by atoms with Crippen LogP contribution in [0, 0.1) is 0 Å². The van der Waals surface area contributed by atoms with Gasteiger partial charge in [0.1, 0.15) is 0 Å². The van der Waals surface area contributed by atoms with Gasteiger partial charge < -0.3 is 14.6 Å². The highest BCUT2D eigenvalue weighted by Gasteiger charge is 2.49. The van der Waals surface area contributed by atoms with Crippen LogP contribution in [0.1, 0.15) is 51.8 Å². The summed E-state index contributed by atoms with van der Waals surface area (Å²) < 4.78 is 11.9. The van der Waals surface area contributed by atoms with E-state index in [1.165, 1.54) is 0 Å². The molecule has 5 heteroatoms. The van der Waals surface area contributed by atoms with Crippen molar-refractivity contribution in [1.29, 1.82) is 0 Å². The van der Waals surface area contributed by atoms with Gasteiger partial charge in [-0.05, 0) is 58.9 Å². The first-order valence-electron chi connectivity index (χ1n) is 7.41. The number of aromatic nitrogens is 1. The van der Waals surface area contributed by atoms with Gasteiger partial charge >= 0.3 is 7.12 Å². The van der Waals surface area contributed by atoms with Crippen LogP contribution in [0.25, 0.3) is 6.08 Å². The minimum absolute atomic E-state index is 0.280. The van der Waals surface area contributed by atoms with Crippen molar-refractivity contribution in [3.05, 3.63) is 35.6 Å². The van der Waals surface area contributed by atoms with E-state index in [1.807, 2.05) is 31.5 Å². The van der Waals surface area contributed by atoms with Crippen molar-refractivity contribution >= 4 is 13.2 Å². The van der Waals surface area contributed by atoms with E-state index in [1.54, 1.807) is 0 Å². The van der Waals surface area contributed by atoms with Gasteiger partial charge in [0, 0.05) is 18.4 Å². The molecule has 0 spiro atoms. The van der Waals surface area contributed by atoms with Gasteiger partial charge in [-0.2, -0.15) is 0 Å². The predicted molar refractivity (Wildman–Crippen MR) is 86.8 cm³/mol. The molecule has 0 saturated carbocycles. The second-order valence-corrected chi connectivity index (χ2v) is 6.55. The number of hydrogen-bond acceptors (Lipinski definition) is 4. The quantitative estimate of drug-likeness (QED) is 0.865. The summed E-state index contributed by atoms with van der Waals surface area (Å²) >= 11 is 0. The van der Waals surface area contributed by atoms with Crippen LogP contribution >= 0.6 is 0 Å². The Balaban J connectivity index is 2.09. The minimum atomic E-state index is -0.319. The third-order valence-corrected chi connectivity index (χ3v) is 4.43. The fraction of sp³-hybridized carbons (Fsp3) is 0.562. The zero-order chi connectivity index (χ0) is 15.7. The molecule has 0 amide bonds. The van der Waals surface area contributed by atoms with Gasteiger partial charge in [0.2, 0.25) is 0 Å². The molecular formula is C16H25BN2O2. The van der Waals surface area contributed by atoms with Gasteiger partial charge in [0.05, 0.1) is 11.2 Å². The van der Waals surface area contributed by atoms with Gasteiger partial charge in [0.25, 0.3) is 0 Å². The molecule has 1 N–H and O–H groups in total. The smallest absolute Gasteiger partial charge is 0.400 e. The van der Waals surface area contributed by atoms with Crippen molar-refractivity contribution in [2.45, 2.75) is 51.9 Å². The Bertz CT molecular complexity index is 513. The molecule has 1 aliphatic rings. The second-order valence-electron chi connectivity index (χ2n) is 6.55. The first-order chi connectivity index (χ1) is 9.75. The number of rotatable bonds is 4. The molecule has 1 aromatic rings. The van der Waals surface area contributed by atoms with Gasteiger partial charge in [-0.1, -0.05) is 12.1 Å². The highest BCUT2D eigenvalue weighted by molar-refractivity contribution is 6.52. The summed E-state index contributed by atoms with van der Waals surface area (Å²) in [6, 6.07) is 2.40. The standard InChI is InChI=1S/C16H25BN2O2/c1-12(18-6)14-9-13(10-19-11-14)7-8-17-20-15(2,3)16(4,5)21-17/h7-12,18H,1-6H3/b8-7+/t12-/m0/s1. The fourth-order valence-electron chi connectivity index (χ4n) is 2.13. The van der Waals surface area contributed by atoms with E-state index in [2.05, 4.69) is 51.0 Å². The van der Waals surface area contributed by atoms with Crippen molar-refractivity contribution < 1.29 is 9.31 Å². The average Bonchev–Trinajstić information content (AvgIpc) is 2.64. The lowest BCUT2D eigenvalue weighted by atomic mass is 9.89. The number of nitrogens with zero attached hydrogens (tertiary/aromatic N) is 1. The van der Waals surface area contributed by atoms with E-state index in [-0.39, 0.29) is 24.4 Å². The fourth-order valence-corrected chi connectivity index (χ4v) is 2.13. The summed E-state index contributed by atoms with van der Waals surface area (Å²) in [5, 5.41) is 3.21. The van der Waals surface area contributed by atoms with Gasteiger partial charge in [-0.25, -0.2) is 0 Å². The van der Waals surface area contributed by atoms with E-state index in [0.29, 0.717) is 0 Å². The summed E-state index contributed by atoms with van der Waals surface area (Å²) in [6.45, 7) is 10.3. The Morgan fingerprint density at radius 2 is 1.81 bits per heavy atom. The lowest BCUT2D eigenvalue weighted by Gasteiger charge is -2.32. The molecular weight excluding hydrogens is 263 g/mol. The maximum Gasteiger partial charge on any atom is 0.487 e. The zero-order valence-corrected chi connectivity index (χ0v) is 13.8. The Morgan fingerprint density at radius 1 is 1.19 bits per heavy atom. The lowest BCUT2D eigenvalue weighted by molar-refractivity contribution is 0.00578. The molecule has 114 valence electrons. The van der Waals surface area contributed by atoms with E-state index in [0.717, 1.165) is 11.1 Å². The van der Waals surface area contributed by atoms with Crippen LogP contribution < -0.4 is 5.32 Å². The molecule has 0 unspecified atom stereocenters. The lowest BCUT2D eigenvalue weighted by Crippen LogP contribution is -2.41. The molecule has 4 nitrogen and oxygen atoms in total. The van der Waals surface area contributed by atoms with Crippen molar-refractivity contribution in [3.8, 4) is 0 Å². The highest BCUT2D eigenvalue weighted by Crippen LogP contribution is 2.37. The monoisotopic (exact) mass is 288 g/mol. The molecule has 2 heterocycles. The topological polar surface area (TPSA) is 43.4 Å². The molecule has 0 bridgehead atoms. The highest BCUT2D eigenvalue weighted by atomic mass is 16.7. The van der Waals surface area contributed by atoms with Crippen molar-refractivity contribution in [3.63, 3.8) is 0 Å². The minimum Gasteiger partial charge on any atom is -0.400 e. The Hall–Kier alpha value is -1.17. The van der Waals surface area contributed by atoms with E-state index >= 15 is 0 Å². The molecule has 21 heavy (non-hydrogen) atoms. The third-order valence-electron chi connectivity index (χ3n) is 4.43. The summed E-state index contributed by atoms with van der Waals surface area (Å²) in [4.78, 5) is 4.28. The maximum atomic E-state index is 5.94. The van der Waals surface area contributed by atoms with Crippen LogP contribution in [0.2, 0.25) is 0 Å². The van der Waals surface area contributed by atoms with Gasteiger partial charge in [-0.3, -0.25) is 4.98 Å². The van der Waals surface area contributed by atoms with Crippen LogP contribution in [0.5, 0.6) is 0 Å². The number of hydrogen-bond donors (Lipinski definition) is 1. The molecule has 0 radical (unpaired) electrons. The Labute approximate surface area is 128 Å². The Kier molecular flexibility index (Phi) is 4.56. The predicted octanol–water partition coefficient (Wildman–Crippen LogP) is 3.01. The van der Waals surface area contributed by atoms with Crippen molar-refractivity contribution in [1.82, 2.24) is 10.3 Å². The third kappa shape index (κ3) is 3.54. The largest absolute Gasteiger partial charge is 0.487 e. The normalized spacial score (nSPS) is 21.9. The van der Waals surface area contributed by atoms with Crippen LogP contribution in [-0.2, 0) is 9.31 Å². The first kappa shape index (κ1) is 16.2. The SMILES string of the molecule is CN[C@@H](C)c1cncc(/C=C/B2OC(C)(C)C(C)(C)O2)c1. The van der Waals surface area contributed by atoms with Crippen LogP contribution in [0.3, 0.4) is 0 Å². The summed E-state index contributed by atoms with van der Waals surface area (Å²) in [5.74, 6) is 1.95.